The molecule has 2 aromatic carbocycles. The molecule has 0 fully saturated rings. The first-order valence-corrected chi connectivity index (χ1v) is 11.9. The van der Waals surface area contributed by atoms with E-state index in [-0.39, 0.29) is 29.7 Å². The number of nitro groups is 1. The molecule has 0 bridgehead atoms. The van der Waals surface area contributed by atoms with Crippen molar-refractivity contribution in [2.75, 3.05) is 16.4 Å². The summed E-state index contributed by atoms with van der Waals surface area (Å²) in [4.78, 5) is 35.5. The zero-order valence-corrected chi connectivity index (χ0v) is 20.3. The fourth-order valence-electron chi connectivity index (χ4n) is 3.38. The Labute approximate surface area is 207 Å². The third-order valence-corrected chi connectivity index (χ3v) is 6.09. The molecule has 0 unspecified atom stereocenters. The normalized spacial score (nSPS) is 10.6. The first-order chi connectivity index (χ1) is 16.8. The lowest BCUT2D eigenvalue weighted by Gasteiger charge is -2.11. The molecule has 0 aliphatic heterocycles. The van der Waals surface area contributed by atoms with E-state index in [2.05, 4.69) is 27.4 Å². The Balaban J connectivity index is 1.64. The molecule has 0 spiro atoms. The molecule has 0 saturated heterocycles. The van der Waals surface area contributed by atoms with Gasteiger partial charge in [0.2, 0.25) is 11.8 Å². The highest BCUT2D eigenvalue weighted by molar-refractivity contribution is 7.99. The van der Waals surface area contributed by atoms with Crippen LogP contribution >= 0.6 is 11.8 Å². The summed E-state index contributed by atoms with van der Waals surface area (Å²) in [5, 5.41) is 25.3. The van der Waals surface area contributed by atoms with Gasteiger partial charge in [0.05, 0.1) is 17.1 Å². The van der Waals surface area contributed by atoms with Crippen LogP contribution in [0.15, 0.2) is 60.3 Å². The van der Waals surface area contributed by atoms with Crippen LogP contribution in [0.2, 0.25) is 0 Å². The number of amides is 2. The van der Waals surface area contributed by atoms with E-state index in [0.29, 0.717) is 28.8 Å². The standard InChI is InChI=1S/C24H26N6O4S/c1-4-12-29-21(14-22(31)26-20-9-7-6-8-17(20)5-2)27-28-24(29)35-15-23(32)25-19-11-10-18(30(33)34)13-16(19)3/h4,6-11,13H,1,5,12,14-15H2,2-3H3,(H,25,32)(H,26,31). The molecule has 2 N–H and O–H groups in total. The summed E-state index contributed by atoms with van der Waals surface area (Å²) >= 11 is 1.18. The fourth-order valence-corrected chi connectivity index (χ4v) is 4.14. The summed E-state index contributed by atoms with van der Waals surface area (Å²) in [6.07, 6.45) is 2.49. The molecular formula is C24H26N6O4S. The monoisotopic (exact) mass is 494 g/mol. The number of carbonyl (C=O) groups is 2. The number of hydrogen-bond donors (Lipinski definition) is 2. The minimum atomic E-state index is -0.485. The lowest BCUT2D eigenvalue weighted by molar-refractivity contribution is -0.384. The molecule has 0 radical (unpaired) electrons. The quantitative estimate of drug-likeness (QED) is 0.177. The Hall–Kier alpha value is -3.99. The first kappa shape index (κ1) is 25.6. The van der Waals surface area contributed by atoms with E-state index in [4.69, 9.17) is 0 Å². The molecule has 0 atom stereocenters. The lowest BCUT2D eigenvalue weighted by atomic mass is 10.1. The smallest absolute Gasteiger partial charge is 0.269 e. The Morgan fingerprint density at radius 2 is 1.89 bits per heavy atom. The van der Waals surface area contributed by atoms with Gasteiger partial charge in [0.25, 0.3) is 5.69 Å². The van der Waals surface area contributed by atoms with Gasteiger partial charge in [-0.2, -0.15) is 0 Å². The summed E-state index contributed by atoms with van der Waals surface area (Å²) in [7, 11) is 0. The maximum atomic E-state index is 12.7. The fraction of sp³-hybridized carbons (Fsp3) is 0.250. The van der Waals surface area contributed by atoms with Crippen molar-refractivity contribution in [2.24, 2.45) is 0 Å². The number of nitrogens with one attached hydrogen (secondary N) is 2. The van der Waals surface area contributed by atoms with Gasteiger partial charge in [-0.3, -0.25) is 19.7 Å². The number of nitrogens with zero attached hydrogens (tertiary/aromatic N) is 4. The number of anilines is 2. The Morgan fingerprint density at radius 3 is 2.57 bits per heavy atom. The van der Waals surface area contributed by atoms with Crippen LogP contribution < -0.4 is 10.6 Å². The van der Waals surface area contributed by atoms with Crippen LogP contribution in [0.4, 0.5) is 17.1 Å². The van der Waals surface area contributed by atoms with Gasteiger partial charge in [0.1, 0.15) is 5.82 Å². The van der Waals surface area contributed by atoms with E-state index in [9.17, 15) is 19.7 Å². The van der Waals surface area contributed by atoms with Crippen molar-refractivity contribution >= 4 is 40.6 Å². The topological polar surface area (TPSA) is 132 Å². The highest BCUT2D eigenvalue weighted by Gasteiger charge is 2.17. The maximum Gasteiger partial charge on any atom is 0.269 e. The van der Waals surface area contributed by atoms with E-state index in [1.54, 1.807) is 17.6 Å². The average Bonchev–Trinajstić information content (AvgIpc) is 3.20. The molecule has 3 aromatic rings. The molecular weight excluding hydrogens is 468 g/mol. The SMILES string of the molecule is C=CCn1c(CC(=O)Nc2ccccc2CC)nnc1SCC(=O)Nc1ccc([N+](=O)[O-])cc1C. The van der Waals surface area contributed by atoms with Crippen LogP contribution in [-0.2, 0) is 29.0 Å². The first-order valence-electron chi connectivity index (χ1n) is 10.9. The van der Waals surface area contributed by atoms with E-state index in [1.165, 1.54) is 30.0 Å². The maximum absolute atomic E-state index is 12.7. The largest absolute Gasteiger partial charge is 0.325 e. The van der Waals surface area contributed by atoms with Gasteiger partial charge in [-0.1, -0.05) is 43.0 Å². The Kier molecular flexibility index (Phi) is 8.74. The number of hydrogen-bond acceptors (Lipinski definition) is 7. The minimum Gasteiger partial charge on any atom is -0.325 e. The molecule has 0 aliphatic rings. The lowest BCUT2D eigenvalue weighted by Crippen LogP contribution is -2.19. The second kappa shape index (κ2) is 11.9. The van der Waals surface area contributed by atoms with Crippen LogP contribution in [0.3, 0.4) is 0 Å². The number of non-ortho nitro benzene ring substituents is 1. The van der Waals surface area contributed by atoms with Gasteiger partial charge in [-0.15, -0.1) is 16.8 Å². The van der Waals surface area contributed by atoms with Crippen LogP contribution in [0.25, 0.3) is 0 Å². The molecule has 1 heterocycles. The molecule has 0 saturated carbocycles. The second-order valence-corrected chi connectivity index (χ2v) is 8.57. The molecule has 1 aromatic heterocycles. The van der Waals surface area contributed by atoms with Crippen LogP contribution in [0.5, 0.6) is 0 Å². The molecule has 0 aliphatic carbocycles. The zero-order chi connectivity index (χ0) is 25.4. The predicted molar refractivity (Wildman–Crippen MR) is 136 cm³/mol. The van der Waals surface area contributed by atoms with Gasteiger partial charge < -0.3 is 15.2 Å². The van der Waals surface area contributed by atoms with E-state index in [1.807, 2.05) is 31.2 Å². The number of benzene rings is 2. The molecule has 3 rings (SSSR count). The second-order valence-electron chi connectivity index (χ2n) is 7.63. The number of carbonyl (C=O) groups excluding carboxylic acids is 2. The highest BCUT2D eigenvalue weighted by Crippen LogP contribution is 2.23. The summed E-state index contributed by atoms with van der Waals surface area (Å²) in [5.74, 6) is -0.00507. The van der Waals surface area contributed by atoms with Crippen molar-refractivity contribution in [3.63, 3.8) is 0 Å². The van der Waals surface area contributed by atoms with E-state index >= 15 is 0 Å². The number of nitro benzene ring substituents is 1. The molecule has 2 amide bonds. The van der Waals surface area contributed by atoms with E-state index in [0.717, 1.165) is 17.7 Å². The minimum absolute atomic E-state index is 0.0215. The van der Waals surface area contributed by atoms with Crippen molar-refractivity contribution in [3.05, 3.63) is 82.2 Å². The summed E-state index contributed by atoms with van der Waals surface area (Å²) in [6, 6.07) is 11.9. The van der Waals surface area contributed by atoms with Gasteiger partial charge in [-0.05, 0) is 36.6 Å². The number of allylic oxidation sites excluding steroid dienone is 1. The van der Waals surface area contributed by atoms with E-state index < -0.39 is 4.92 Å². The van der Waals surface area contributed by atoms with Crippen LogP contribution in [-0.4, -0.2) is 37.3 Å². The highest BCUT2D eigenvalue weighted by atomic mass is 32.2. The number of thioether (sulfide) groups is 1. The number of aromatic nitrogens is 3. The molecule has 35 heavy (non-hydrogen) atoms. The Bertz CT molecular complexity index is 1260. The summed E-state index contributed by atoms with van der Waals surface area (Å²) < 4.78 is 1.74. The van der Waals surface area contributed by atoms with Crippen molar-refractivity contribution in [1.29, 1.82) is 0 Å². The molecule has 10 nitrogen and oxygen atoms in total. The summed E-state index contributed by atoms with van der Waals surface area (Å²) in [5.41, 5.74) is 2.85. The van der Waals surface area contributed by atoms with Gasteiger partial charge in [-0.25, -0.2) is 0 Å². The Morgan fingerprint density at radius 1 is 1.14 bits per heavy atom. The molecule has 11 heteroatoms. The van der Waals surface area contributed by atoms with Gasteiger partial charge >= 0.3 is 0 Å². The predicted octanol–water partition coefficient (Wildman–Crippen LogP) is 4.16. The van der Waals surface area contributed by atoms with Crippen molar-refractivity contribution < 1.29 is 14.5 Å². The number of rotatable bonds is 11. The molecule has 182 valence electrons. The number of para-hydroxylation sites is 1. The van der Waals surface area contributed by atoms with Crippen LogP contribution in [0, 0.1) is 17.0 Å². The third kappa shape index (κ3) is 6.76. The third-order valence-electron chi connectivity index (χ3n) is 5.12. The van der Waals surface area contributed by atoms with Crippen molar-refractivity contribution in [2.45, 2.75) is 38.4 Å². The summed E-state index contributed by atoms with van der Waals surface area (Å²) in [6.45, 7) is 7.85. The van der Waals surface area contributed by atoms with Crippen molar-refractivity contribution in [1.82, 2.24) is 14.8 Å². The van der Waals surface area contributed by atoms with Gasteiger partial charge in [0, 0.05) is 30.1 Å². The number of aryl methyl sites for hydroxylation is 2. The average molecular weight is 495 g/mol. The van der Waals surface area contributed by atoms with Gasteiger partial charge in [0.15, 0.2) is 5.16 Å². The van der Waals surface area contributed by atoms with Crippen molar-refractivity contribution in [3.8, 4) is 0 Å². The zero-order valence-electron chi connectivity index (χ0n) is 19.5. The van der Waals surface area contributed by atoms with Crippen LogP contribution in [0.1, 0.15) is 23.9 Å².